The minimum atomic E-state index is -0.890. The Morgan fingerprint density at radius 2 is 1.95 bits per heavy atom. The number of aromatic nitrogens is 1. The number of hydrogen-bond donors (Lipinski definition) is 1. The molecule has 4 nitrogen and oxygen atoms in total. The van der Waals surface area contributed by atoms with Gasteiger partial charge >= 0.3 is 0 Å². The molecule has 1 aromatic carbocycles. The van der Waals surface area contributed by atoms with E-state index in [0.717, 1.165) is 12.5 Å². The maximum absolute atomic E-state index is 13.7. The van der Waals surface area contributed by atoms with E-state index < -0.39 is 11.6 Å². The number of nitriles is 1. The average molecular weight is 289 g/mol. The molecule has 0 spiro atoms. The molecule has 0 radical (unpaired) electrons. The second-order valence-electron chi connectivity index (χ2n) is 4.27. The standard InChI is InChI=1S/C15H13F2N3O/c1-2-7-19-14-12(16)8-13(17)15(20-14)21-11-5-3-10(9-18)4-6-11/h3-6,8H,2,7H2,1H3,(H,19,20). The Morgan fingerprint density at radius 1 is 1.24 bits per heavy atom. The molecule has 0 fully saturated rings. The Morgan fingerprint density at radius 3 is 2.57 bits per heavy atom. The summed E-state index contributed by atoms with van der Waals surface area (Å²) in [4.78, 5) is 3.80. The van der Waals surface area contributed by atoms with E-state index in [2.05, 4.69) is 10.3 Å². The fourth-order valence-corrected chi connectivity index (χ4v) is 1.60. The van der Waals surface area contributed by atoms with Gasteiger partial charge in [0.05, 0.1) is 11.6 Å². The summed E-state index contributed by atoms with van der Waals surface area (Å²) in [6.07, 6.45) is 0.782. The van der Waals surface area contributed by atoms with Gasteiger partial charge in [-0.05, 0) is 30.7 Å². The van der Waals surface area contributed by atoms with E-state index in [1.165, 1.54) is 24.3 Å². The van der Waals surface area contributed by atoms with E-state index in [4.69, 9.17) is 10.00 Å². The smallest absolute Gasteiger partial charge is 0.258 e. The zero-order valence-corrected chi connectivity index (χ0v) is 11.4. The lowest BCUT2D eigenvalue weighted by Crippen LogP contribution is -2.06. The molecule has 0 saturated carbocycles. The molecule has 1 aromatic heterocycles. The van der Waals surface area contributed by atoms with Gasteiger partial charge in [-0.25, -0.2) is 8.78 Å². The first-order valence-corrected chi connectivity index (χ1v) is 6.42. The van der Waals surface area contributed by atoms with E-state index in [0.29, 0.717) is 17.9 Å². The van der Waals surface area contributed by atoms with Crippen LogP contribution in [0.25, 0.3) is 0 Å². The fourth-order valence-electron chi connectivity index (χ4n) is 1.60. The summed E-state index contributed by atoms with van der Waals surface area (Å²) in [6, 6.07) is 8.79. The third-order valence-electron chi connectivity index (χ3n) is 2.64. The highest BCUT2D eigenvalue weighted by Gasteiger charge is 2.13. The molecule has 0 amide bonds. The van der Waals surface area contributed by atoms with Crippen molar-refractivity contribution in [3.8, 4) is 17.7 Å². The molecule has 0 aliphatic heterocycles. The molecule has 0 unspecified atom stereocenters. The van der Waals surface area contributed by atoms with E-state index in [1.54, 1.807) is 0 Å². The number of anilines is 1. The molecule has 0 atom stereocenters. The third-order valence-corrected chi connectivity index (χ3v) is 2.64. The Kier molecular flexibility index (Phi) is 4.67. The summed E-state index contributed by atoms with van der Waals surface area (Å²) in [5, 5.41) is 11.5. The Hall–Kier alpha value is -2.68. The van der Waals surface area contributed by atoms with Gasteiger partial charge in [0.15, 0.2) is 17.5 Å². The predicted octanol–water partition coefficient (Wildman–Crippen LogP) is 3.85. The molecule has 1 N–H and O–H groups in total. The predicted molar refractivity (Wildman–Crippen MR) is 74.2 cm³/mol. The molecule has 0 aliphatic rings. The Balaban J connectivity index is 2.23. The van der Waals surface area contributed by atoms with Gasteiger partial charge in [0.2, 0.25) is 0 Å². The van der Waals surface area contributed by atoms with Crippen molar-refractivity contribution < 1.29 is 13.5 Å². The lowest BCUT2D eigenvalue weighted by molar-refractivity contribution is 0.418. The van der Waals surface area contributed by atoms with Crippen LogP contribution in [-0.2, 0) is 0 Å². The van der Waals surface area contributed by atoms with Crippen molar-refractivity contribution in [2.75, 3.05) is 11.9 Å². The molecular weight excluding hydrogens is 276 g/mol. The number of nitrogens with zero attached hydrogens (tertiary/aromatic N) is 2. The second kappa shape index (κ2) is 6.66. The summed E-state index contributed by atoms with van der Waals surface area (Å²) in [5.41, 5.74) is 0.459. The molecule has 0 aliphatic carbocycles. The molecule has 108 valence electrons. The van der Waals surface area contributed by atoms with Gasteiger partial charge in [-0.2, -0.15) is 10.2 Å². The van der Waals surface area contributed by atoms with Crippen LogP contribution in [-0.4, -0.2) is 11.5 Å². The summed E-state index contributed by atoms with van der Waals surface area (Å²) in [7, 11) is 0. The molecular formula is C15H13F2N3O. The Labute approximate surface area is 121 Å². The number of nitrogens with one attached hydrogen (secondary N) is 1. The lowest BCUT2D eigenvalue weighted by atomic mass is 10.2. The van der Waals surface area contributed by atoms with Crippen molar-refractivity contribution in [2.24, 2.45) is 0 Å². The van der Waals surface area contributed by atoms with Crippen LogP contribution in [0.1, 0.15) is 18.9 Å². The van der Waals surface area contributed by atoms with E-state index in [1.807, 2.05) is 13.0 Å². The first-order chi connectivity index (χ1) is 10.1. The highest BCUT2D eigenvalue weighted by molar-refractivity contribution is 5.41. The summed E-state index contributed by atoms with van der Waals surface area (Å²) in [5.74, 6) is -1.72. The average Bonchev–Trinajstić information content (AvgIpc) is 2.49. The third kappa shape index (κ3) is 3.66. The number of benzene rings is 1. The van der Waals surface area contributed by atoms with Crippen molar-refractivity contribution in [3.63, 3.8) is 0 Å². The maximum atomic E-state index is 13.7. The van der Waals surface area contributed by atoms with E-state index in [9.17, 15) is 8.78 Å². The van der Waals surface area contributed by atoms with Crippen LogP contribution in [0.2, 0.25) is 0 Å². The zero-order valence-electron chi connectivity index (χ0n) is 11.4. The van der Waals surface area contributed by atoms with Crippen LogP contribution in [0, 0.1) is 23.0 Å². The van der Waals surface area contributed by atoms with Crippen molar-refractivity contribution in [1.29, 1.82) is 5.26 Å². The van der Waals surface area contributed by atoms with Crippen LogP contribution in [0.5, 0.6) is 11.6 Å². The minimum absolute atomic E-state index is 0.0538. The van der Waals surface area contributed by atoms with Crippen LogP contribution in [0.3, 0.4) is 0 Å². The van der Waals surface area contributed by atoms with Gasteiger partial charge in [-0.1, -0.05) is 6.92 Å². The lowest BCUT2D eigenvalue weighted by Gasteiger charge is -2.10. The number of halogens is 2. The molecule has 2 aromatic rings. The number of ether oxygens (including phenoxy) is 1. The second-order valence-corrected chi connectivity index (χ2v) is 4.27. The van der Waals surface area contributed by atoms with E-state index >= 15 is 0 Å². The van der Waals surface area contributed by atoms with Gasteiger partial charge < -0.3 is 10.1 Å². The van der Waals surface area contributed by atoms with Crippen LogP contribution >= 0.6 is 0 Å². The highest BCUT2D eigenvalue weighted by atomic mass is 19.1. The highest BCUT2D eigenvalue weighted by Crippen LogP contribution is 2.26. The van der Waals surface area contributed by atoms with Gasteiger partial charge in [0.1, 0.15) is 5.75 Å². The summed E-state index contributed by atoms with van der Waals surface area (Å²) in [6.45, 7) is 2.44. The molecule has 0 bridgehead atoms. The van der Waals surface area contributed by atoms with Gasteiger partial charge in [0.25, 0.3) is 5.88 Å². The number of pyridine rings is 1. The van der Waals surface area contributed by atoms with E-state index in [-0.39, 0.29) is 11.7 Å². The summed E-state index contributed by atoms with van der Waals surface area (Å²) >= 11 is 0. The normalized spacial score (nSPS) is 10.0. The van der Waals surface area contributed by atoms with Crippen molar-refractivity contribution in [2.45, 2.75) is 13.3 Å². The van der Waals surface area contributed by atoms with Crippen molar-refractivity contribution >= 4 is 5.82 Å². The first kappa shape index (κ1) is 14.7. The molecule has 0 saturated heterocycles. The monoisotopic (exact) mass is 289 g/mol. The van der Waals surface area contributed by atoms with Gasteiger partial charge in [-0.15, -0.1) is 0 Å². The number of rotatable bonds is 5. The Bertz CT molecular complexity index is 666. The molecule has 6 heteroatoms. The quantitative estimate of drug-likeness (QED) is 0.908. The fraction of sp³-hybridized carbons (Fsp3) is 0.200. The number of hydrogen-bond acceptors (Lipinski definition) is 4. The SMILES string of the molecule is CCCNc1nc(Oc2ccc(C#N)cc2)c(F)cc1F. The summed E-state index contributed by atoms with van der Waals surface area (Å²) < 4.78 is 32.5. The van der Waals surface area contributed by atoms with Crippen molar-refractivity contribution in [1.82, 2.24) is 4.98 Å². The van der Waals surface area contributed by atoms with Gasteiger partial charge in [-0.3, -0.25) is 0 Å². The molecule has 2 rings (SSSR count). The molecule has 1 heterocycles. The van der Waals surface area contributed by atoms with Gasteiger partial charge in [0, 0.05) is 12.6 Å². The van der Waals surface area contributed by atoms with Crippen LogP contribution in [0.4, 0.5) is 14.6 Å². The van der Waals surface area contributed by atoms with Crippen molar-refractivity contribution in [3.05, 3.63) is 47.5 Å². The molecule has 21 heavy (non-hydrogen) atoms. The zero-order chi connectivity index (χ0) is 15.2. The van der Waals surface area contributed by atoms with Crippen LogP contribution < -0.4 is 10.1 Å². The van der Waals surface area contributed by atoms with Crippen LogP contribution in [0.15, 0.2) is 30.3 Å². The maximum Gasteiger partial charge on any atom is 0.258 e. The first-order valence-electron chi connectivity index (χ1n) is 6.42. The largest absolute Gasteiger partial charge is 0.436 e. The minimum Gasteiger partial charge on any atom is -0.436 e. The topological polar surface area (TPSA) is 57.9 Å².